The van der Waals surface area contributed by atoms with Gasteiger partial charge in [-0.3, -0.25) is 4.79 Å². The fourth-order valence-corrected chi connectivity index (χ4v) is 2.22. The molecule has 1 aromatic carbocycles. The van der Waals surface area contributed by atoms with E-state index in [-0.39, 0.29) is 16.8 Å². The minimum Gasteiger partial charge on any atom is -0.493 e. The Morgan fingerprint density at radius 1 is 1.38 bits per heavy atom. The summed E-state index contributed by atoms with van der Waals surface area (Å²) in [5.41, 5.74) is 0.695. The largest absolute Gasteiger partial charge is 0.493 e. The second-order valence-corrected chi connectivity index (χ2v) is 4.65. The number of hydrogen-bond donors (Lipinski definition) is 3. The number of carboxylic acids is 1. The number of carboxylic acid groups (broad SMARTS) is 1. The first-order valence-corrected chi connectivity index (χ1v) is 6.12. The molecule has 2 aromatic heterocycles. The van der Waals surface area contributed by atoms with Crippen molar-refractivity contribution in [3.63, 3.8) is 0 Å². The van der Waals surface area contributed by atoms with Crippen molar-refractivity contribution in [2.24, 2.45) is 0 Å². The fraction of sp³-hybridized carbons (Fsp3) is 0.0714. The van der Waals surface area contributed by atoms with Crippen LogP contribution in [0.3, 0.4) is 0 Å². The summed E-state index contributed by atoms with van der Waals surface area (Å²) in [6, 6.07) is 7.06. The number of carbonyl (C=O) groups is 1. The highest BCUT2D eigenvalue weighted by molar-refractivity contribution is 5.94. The van der Waals surface area contributed by atoms with E-state index in [2.05, 4.69) is 10.1 Å². The summed E-state index contributed by atoms with van der Waals surface area (Å²) < 4.78 is 1.00. The van der Waals surface area contributed by atoms with E-state index in [0.29, 0.717) is 5.56 Å². The van der Waals surface area contributed by atoms with E-state index in [4.69, 9.17) is 5.11 Å². The van der Waals surface area contributed by atoms with Gasteiger partial charge in [-0.25, -0.2) is 4.79 Å². The Bertz CT molecular complexity index is 924. The van der Waals surface area contributed by atoms with E-state index in [0.717, 1.165) is 16.3 Å². The molecule has 2 heterocycles. The van der Waals surface area contributed by atoms with E-state index in [1.807, 2.05) is 13.0 Å². The van der Waals surface area contributed by atoms with Gasteiger partial charge in [0.15, 0.2) is 5.65 Å². The minimum atomic E-state index is -1.23. The Labute approximate surface area is 118 Å². The predicted octanol–water partition coefficient (Wildman–Crippen LogP) is 1.40. The molecule has 0 unspecified atom stereocenters. The van der Waals surface area contributed by atoms with Gasteiger partial charge in [0.25, 0.3) is 5.56 Å². The topological polar surface area (TPSA) is 108 Å². The molecule has 0 atom stereocenters. The van der Waals surface area contributed by atoms with Crippen molar-refractivity contribution in [3.8, 4) is 17.0 Å². The molecule has 0 fully saturated rings. The van der Waals surface area contributed by atoms with E-state index >= 15 is 0 Å². The molecule has 0 aliphatic rings. The van der Waals surface area contributed by atoms with Gasteiger partial charge in [0, 0.05) is 0 Å². The van der Waals surface area contributed by atoms with Gasteiger partial charge in [0.2, 0.25) is 5.88 Å². The molecule has 0 amide bonds. The SMILES string of the molecule is Cc1cccc(-c2c(O)n3ncc(C(=O)O)c3[nH]c2=O)c1. The molecule has 0 saturated carbocycles. The molecule has 3 aromatic rings. The first kappa shape index (κ1) is 12.9. The third-order valence-corrected chi connectivity index (χ3v) is 3.19. The molecule has 0 radical (unpaired) electrons. The van der Waals surface area contributed by atoms with Gasteiger partial charge in [0.1, 0.15) is 11.1 Å². The maximum atomic E-state index is 12.2. The highest BCUT2D eigenvalue weighted by Gasteiger charge is 2.19. The van der Waals surface area contributed by atoms with Crippen molar-refractivity contribution in [2.75, 3.05) is 0 Å². The minimum absolute atomic E-state index is 0.0474. The van der Waals surface area contributed by atoms with Crippen molar-refractivity contribution in [2.45, 2.75) is 6.92 Å². The molecule has 0 aliphatic heterocycles. The number of aromatic amines is 1. The van der Waals surface area contributed by atoms with Gasteiger partial charge in [0.05, 0.1) is 6.20 Å². The third-order valence-electron chi connectivity index (χ3n) is 3.19. The van der Waals surface area contributed by atoms with Crippen LogP contribution in [-0.4, -0.2) is 30.8 Å². The first-order valence-electron chi connectivity index (χ1n) is 6.12. The van der Waals surface area contributed by atoms with Crippen molar-refractivity contribution in [3.05, 3.63) is 51.9 Å². The summed E-state index contributed by atoms with van der Waals surface area (Å²) in [4.78, 5) is 25.7. The van der Waals surface area contributed by atoms with Gasteiger partial charge >= 0.3 is 5.97 Å². The smallest absolute Gasteiger partial charge is 0.341 e. The van der Waals surface area contributed by atoms with Gasteiger partial charge in [-0.1, -0.05) is 29.8 Å². The zero-order valence-electron chi connectivity index (χ0n) is 11.0. The number of hydrogen-bond acceptors (Lipinski definition) is 4. The first-order chi connectivity index (χ1) is 9.99. The normalized spacial score (nSPS) is 10.9. The predicted molar refractivity (Wildman–Crippen MR) is 74.6 cm³/mol. The second kappa shape index (κ2) is 4.48. The summed E-state index contributed by atoms with van der Waals surface area (Å²) in [5.74, 6) is -1.63. The summed E-state index contributed by atoms with van der Waals surface area (Å²) >= 11 is 0. The highest BCUT2D eigenvalue weighted by Crippen LogP contribution is 2.26. The van der Waals surface area contributed by atoms with Crippen LogP contribution in [0.4, 0.5) is 0 Å². The zero-order valence-corrected chi connectivity index (χ0v) is 11.0. The van der Waals surface area contributed by atoms with Crippen molar-refractivity contribution < 1.29 is 15.0 Å². The van der Waals surface area contributed by atoms with Gasteiger partial charge in [-0.15, -0.1) is 0 Å². The number of aryl methyl sites for hydroxylation is 1. The molecule has 0 spiro atoms. The van der Waals surface area contributed by atoms with Crippen LogP contribution in [0, 0.1) is 6.92 Å². The van der Waals surface area contributed by atoms with Crippen LogP contribution in [0.2, 0.25) is 0 Å². The standard InChI is InChI=1S/C14H11N3O4/c1-7-3-2-4-8(5-7)10-12(18)16-11-9(14(20)21)6-15-17(11)13(10)19/h2-6,19H,1H3,(H,16,18)(H,20,21). The molecule has 7 heteroatoms. The van der Waals surface area contributed by atoms with Crippen LogP contribution < -0.4 is 5.56 Å². The number of nitrogens with zero attached hydrogens (tertiary/aromatic N) is 2. The average Bonchev–Trinajstić information content (AvgIpc) is 2.82. The summed E-state index contributed by atoms with van der Waals surface area (Å²) in [5, 5.41) is 23.1. The van der Waals surface area contributed by atoms with E-state index in [9.17, 15) is 14.7 Å². The third kappa shape index (κ3) is 1.95. The van der Waals surface area contributed by atoms with Gasteiger partial charge in [-0.05, 0) is 12.5 Å². The van der Waals surface area contributed by atoms with E-state index in [1.165, 1.54) is 0 Å². The Hall–Kier alpha value is -3.09. The highest BCUT2D eigenvalue weighted by atomic mass is 16.4. The number of aromatic hydroxyl groups is 1. The molecule has 0 saturated heterocycles. The number of aromatic carboxylic acids is 1. The lowest BCUT2D eigenvalue weighted by atomic mass is 10.1. The lowest BCUT2D eigenvalue weighted by Gasteiger charge is -2.06. The molecule has 21 heavy (non-hydrogen) atoms. The maximum Gasteiger partial charge on any atom is 0.341 e. The second-order valence-electron chi connectivity index (χ2n) is 4.65. The Morgan fingerprint density at radius 3 is 2.81 bits per heavy atom. The number of rotatable bonds is 2. The number of benzene rings is 1. The van der Waals surface area contributed by atoms with Crippen LogP contribution in [0.25, 0.3) is 16.8 Å². The van der Waals surface area contributed by atoms with Crippen molar-refractivity contribution in [1.82, 2.24) is 14.6 Å². The van der Waals surface area contributed by atoms with Gasteiger partial charge in [-0.2, -0.15) is 9.61 Å². The lowest BCUT2D eigenvalue weighted by molar-refractivity contribution is 0.0699. The number of aromatic nitrogens is 3. The summed E-state index contributed by atoms with van der Waals surface area (Å²) in [6.45, 7) is 1.86. The number of nitrogens with one attached hydrogen (secondary N) is 1. The van der Waals surface area contributed by atoms with Crippen LogP contribution in [0.1, 0.15) is 15.9 Å². The molecule has 3 N–H and O–H groups in total. The van der Waals surface area contributed by atoms with Gasteiger partial charge < -0.3 is 15.2 Å². The lowest BCUT2D eigenvalue weighted by Crippen LogP contribution is -2.13. The van der Waals surface area contributed by atoms with Crippen LogP contribution in [0.5, 0.6) is 5.88 Å². The van der Waals surface area contributed by atoms with Crippen molar-refractivity contribution >= 4 is 11.6 Å². The van der Waals surface area contributed by atoms with Crippen LogP contribution >= 0.6 is 0 Å². The number of H-pyrrole nitrogens is 1. The summed E-state index contributed by atoms with van der Waals surface area (Å²) in [7, 11) is 0. The molecular weight excluding hydrogens is 274 g/mol. The van der Waals surface area contributed by atoms with Crippen molar-refractivity contribution in [1.29, 1.82) is 0 Å². The maximum absolute atomic E-state index is 12.2. The Balaban J connectivity index is 2.36. The number of fused-ring (bicyclic) bond motifs is 1. The van der Waals surface area contributed by atoms with Crippen LogP contribution in [-0.2, 0) is 0 Å². The van der Waals surface area contributed by atoms with E-state index in [1.54, 1.807) is 18.2 Å². The Morgan fingerprint density at radius 2 is 2.14 bits per heavy atom. The molecule has 0 aliphatic carbocycles. The molecule has 3 rings (SSSR count). The summed E-state index contributed by atoms with van der Waals surface area (Å²) in [6.07, 6.45) is 1.08. The molecule has 7 nitrogen and oxygen atoms in total. The quantitative estimate of drug-likeness (QED) is 0.659. The zero-order chi connectivity index (χ0) is 15.1. The average molecular weight is 285 g/mol. The fourth-order valence-electron chi connectivity index (χ4n) is 2.22. The van der Waals surface area contributed by atoms with E-state index < -0.39 is 17.4 Å². The van der Waals surface area contributed by atoms with Crippen LogP contribution in [0.15, 0.2) is 35.3 Å². The molecule has 106 valence electrons. The monoisotopic (exact) mass is 285 g/mol. The molecular formula is C14H11N3O4. The molecule has 0 bridgehead atoms. The Kier molecular flexibility index (Phi) is 2.76.